The Morgan fingerprint density at radius 2 is 1.79 bits per heavy atom. The van der Waals surface area contributed by atoms with E-state index in [4.69, 9.17) is 42.8 Å². The van der Waals surface area contributed by atoms with E-state index in [2.05, 4.69) is 5.32 Å². The van der Waals surface area contributed by atoms with Crippen molar-refractivity contribution in [2.75, 3.05) is 6.79 Å². The molecule has 0 radical (unpaired) electrons. The van der Waals surface area contributed by atoms with Crippen molar-refractivity contribution in [2.45, 2.75) is 11.9 Å². The predicted molar refractivity (Wildman–Crippen MR) is 131 cm³/mol. The van der Waals surface area contributed by atoms with Gasteiger partial charge in [0.05, 0.1) is 10.4 Å². The number of rotatable bonds is 3. The van der Waals surface area contributed by atoms with Gasteiger partial charge in [-0.2, -0.15) is 0 Å². The Hall–Kier alpha value is -3.20. The number of para-hydroxylation sites is 1. The van der Waals surface area contributed by atoms with Crippen LogP contribution in [0.4, 0.5) is 0 Å². The van der Waals surface area contributed by atoms with Gasteiger partial charge in [0.2, 0.25) is 6.79 Å². The van der Waals surface area contributed by atoms with Crippen LogP contribution in [0.5, 0.6) is 11.5 Å². The summed E-state index contributed by atoms with van der Waals surface area (Å²) in [5.41, 5.74) is 2.02. The van der Waals surface area contributed by atoms with Gasteiger partial charge in [0.15, 0.2) is 22.8 Å². The van der Waals surface area contributed by atoms with Crippen LogP contribution in [-0.4, -0.2) is 22.9 Å². The number of ether oxygens (including phenoxy) is 2. The van der Waals surface area contributed by atoms with E-state index < -0.39 is 6.17 Å². The Labute approximate surface area is 208 Å². The topological polar surface area (TPSA) is 75.5 Å². The van der Waals surface area contributed by atoms with Gasteiger partial charge in [0.1, 0.15) is 5.70 Å². The lowest BCUT2D eigenvalue weighted by molar-refractivity contribution is -0.116. The maximum absolute atomic E-state index is 13.3. The van der Waals surface area contributed by atoms with Crippen molar-refractivity contribution < 1.29 is 14.3 Å². The minimum Gasteiger partial charge on any atom is -0.454 e. The van der Waals surface area contributed by atoms with Crippen molar-refractivity contribution in [2.24, 2.45) is 10.1 Å². The minimum atomic E-state index is -0.658. The van der Waals surface area contributed by atoms with Crippen LogP contribution in [0.1, 0.15) is 17.3 Å². The van der Waals surface area contributed by atoms with Crippen molar-refractivity contribution in [3.8, 4) is 11.5 Å². The Bertz CT molecular complexity index is 1490. The number of halogens is 2. The van der Waals surface area contributed by atoms with E-state index in [-0.39, 0.29) is 12.7 Å². The number of hydrazone groups is 1. The number of benzene rings is 3. The van der Waals surface area contributed by atoms with Gasteiger partial charge in [-0.15, -0.1) is 5.10 Å². The van der Waals surface area contributed by atoms with Crippen LogP contribution < -0.4 is 25.4 Å². The second-order valence-electron chi connectivity index (χ2n) is 7.68. The molecule has 1 atom stereocenters. The fraction of sp³-hybridized carbons (Fsp3) is 0.125. The Kier molecular flexibility index (Phi) is 5.36. The maximum Gasteiger partial charge on any atom is 0.276 e. The van der Waals surface area contributed by atoms with Crippen LogP contribution in [-0.2, 0) is 10.5 Å². The van der Waals surface area contributed by atoms with E-state index in [1.807, 2.05) is 48.5 Å². The first kappa shape index (κ1) is 21.3. The molecular formula is C24H16Cl2N4O3S. The smallest absolute Gasteiger partial charge is 0.276 e. The molecule has 0 bridgehead atoms. The molecule has 3 aliphatic heterocycles. The zero-order valence-corrected chi connectivity index (χ0v) is 19.8. The molecule has 3 heterocycles. The molecular weight excluding hydrogens is 495 g/mol. The largest absolute Gasteiger partial charge is 0.454 e. The van der Waals surface area contributed by atoms with Gasteiger partial charge < -0.3 is 9.47 Å². The number of carbonyl (C=O) groups excluding carboxylic acids is 1. The third-order valence-electron chi connectivity index (χ3n) is 5.61. The number of thioether (sulfide) groups is 1. The average Bonchev–Trinajstić information content (AvgIpc) is 3.29. The van der Waals surface area contributed by atoms with Gasteiger partial charge in [-0.1, -0.05) is 71.4 Å². The highest BCUT2D eigenvalue weighted by Gasteiger charge is 2.36. The Morgan fingerprint density at radius 1 is 1.03 bits per heavy atom. The number of fused-ring (bicyclic) bond motifs is 3. The van der Waals surface area contributed by atoms with Gasteiger partial charge in [-0.3, -0.25) is 15.1 Å². The average molecular weight is 511 g/mol. The summed E-state index contributed by atoms with van der Waals surface area (Å²) in [6.07, 6.45) is -0.658. The first-order valence-corrected chi connectivity index (χ1v) is 12.1. The van der Waals surface area contributed by atoms with Gasteiger partial charge >= 0.3 is 0 Å². The summed E-state index contributed by atoms with van der Waals surface area (Å²) < 4.78 is 11.0. The highest BCUT2D eigenvalue weighted by Crippen LogP contribution is 2.42. The number of nitrogens with one attached hydrogen (secondary N) is 1. The van der Waals surface area contributed by atoms with Crippen LogP contribution in [0.15, 0.2) is 70.8 Å². The Morgan fingerprint density at radius 3 is 2.65 bits per heavy atom. The minimum absolute atomic E-state index is 0.129. The fourth-order valence-corrected chi connectivity index (χ4v) is 5.37. The molecule has 10 heteroatoms. The van der Waals surface area contributed by atoms with Gasteiger partial charge in [0, 0.05) is 27.6 Å². The number of hydrogen-bond donors (Lipinski definition) is 1. The second-order valence-corrected chi connectivity index (χ2v) is 9.46. The van der Waals surface area contributed by atoms with E-state index in [1.165, 1.54) is 11.8 Å². The maximum atomic E-state index is 13.3. The third kappa shape index (κ3) is 3.68. The van der Waals surface area contributed by atoms with Crippen molar-refractivity contribution in [1.82, 2.24) is 10.3 Å². The number of carbonyl (C=O) groups is 1. The first-order valence-electron chi connectivity index (χ1n) is 10.4. The fourth-order valence-electron chi connectivity index (χ4n) is 3.99. The monoisotopic (exact) mass is 510 g/mol. The third-order valence-corrected chi connectivity index (χ3v) is 7.22. The van der Waals surface area contributed by atoms with Crippen molar-refractivity contribution in [1.29, 1.82) is 0 Å². The molecule has 7 nitrogen and oxygen atoms in total. The molecule has 1 unspecified atom stereocenters. The second kappa shape index (κ2) is 8.54. The highest BCUT2D eigenvalue weighted by atomic mass is 35.5. The molecule has 6 rings (SSSR count). The standard InChI is InChI=1S/C24H16Cl2N4O3S/c25-16-7-3-1-5-13(16)11-34-24-28-23(31)21-14-6-2-4-8-18(14)27-22(30(21)29-24)15-9-19-20(10-17(15)26)33-12-32-19/h1-10,22H,11-12H2,(H,28,29,31). The van der Waals surface area contributed by atoms with Crippen LogP contribution in [0.2, 0.25) is 10.0 Å². The summed E-state index contributed by atoms with van der Waals surface area (Å²) in [4.78, 5) is 18.2. The molecule has 0 saturated heterocycles. The SMILES string of the molecule is O=C1NC(SCc2ccccc2Cl)=NN2C1=c1ccccc1=NC2c1cc2c(cc1Cl)OCO2. The van der Waals surface area contributed by atoms with Crippen LogP contribution in [0.3, 0.4) is 0 Å². The molecule has 3 aromatic rings. The predicted octanol–water partition coefficient (Wildman–Crippen LogP) is 3.80. The van der Waals surface area contributed by atoms with Crippen molar-refractivity contribution >= 4 is 51.7 Å². The molecule has 1 amide bonds. The normalized spacial score (nSPS) is 18.0. The van der Waals surface area contributed by atoms with Crippen LogP contribution in [0, 0.1) is 0 Å². The van der Waals surface area contributed by atoms with Crippen molar-refractivity contribution in [3.05, 3.63) is 92.4 Å². The number of nitrogens with zero attached hydrogens (tertiary/aromatic N) is 3. The summed E-state index contributed by atoms with van der Waals surface area (Å²) in [6.45, 7) is 0.129. The zero-order valence-electron chi connectivity index (χ0n) is 17.5. The summed E-state index contributed by atoms with van der Waals surface area (Å²) in [5, 5.41) is 12.2. The quantitative estimate of drug-likeness (QED) is 0.579. The summed E-state index contributed by atoms with van der Waals surface area (Å²) >= 11 is 14.3. The van der Waals surface area contributed by atoms with E-state index in [0.29, 0.717) is 54.3 Å². The van der Waals surface area contributed by atoms with E-state index in [0.717, 1.165) is 5.56 Å². The molecule has 0 spiro atoms. The number of amides is 1. The molecule has 170 valence electrons. The van der Waals surface area contributed by atoms with Crippen molar-refractivity contribution in [3.63, 3.8) is 0 Å². The molecule has 0 saturated carbocycles. The van der Waals surface area contributed by atoms with Gasteiger partial charge in [0.25, 0.3) is 5.91 Å². The lowest BCUT2D eigenvalue weighted by atomic mass is 10.1. The lowest BCUT2D eigenvalue weighted by Crippen LogP contribution is -2.50. The van der Waals surface area contributed by atoms with Crippen LogP contribution >= 0.6 is 35.0 Å². The molecule has 3 aromatic carbocycles. The molecule has 1 N–H and O–H groups in total. The first-order chi connectivity index (χ1) is 16.6. The zero-order chi connectivity index (χ0) is 23.2. The highest BCUT2D eigenvalue weighted by molar-refractivity contribution is 8.13. The van der Waals surface area contributed by atoms with Gasteiger partial charge in [-0.05, 0) is 23.8 Å². The molecule has 0 aliphatic carbocycles. The number of hydrogen-bond acceptors (Lipinski definition) is 7. The Balaban J connectivity index is 1.44. The summed E-state index contributed by atoms with van der Waals surface area (Å²) in [5.74, 6) is 1.44. The number of amidine groups is 1. The molecule has 34 heavy (non-hydrogen) atoms. The van der Waals surface area contributed by atoms with Gasteiger partial charge in [-0.25, -0.2) is 5.01 Å². The van der Waals surface area contributed by atoms with E-state index in [1.54, 1.807) is 17.1 Å². The molecule has 0 fully saturated rings. The van der Waals surface area contributed by atoms with E-state index in [9.17, 15) is 4.79 Å². The van der Waals surface area contributed by atoms with Crippen LogP contribution in [0.25, 0.3) is 5.70 Å². The lowest BCUT2D eigenvalue weighted by Gasteiger charge is -2.34. The van der Waals surface area contributed by atoms with E-state index >= 15 is 0 Å². The summed E-state index contributed by atoms with van der Waals surface area (Å²) in [6, 6.07) is 18.6. The molecule has 3 aliphatic rings. The summed E-state index contributed by atoms with van der Waals surface area (Å²) in [7, 11) is 0. The molecule has 0 aromatic heterocycles.